The van der Waals surface area contributed by atoms with Gasteiger partial charge in [-0.15, -0.1) is 76.1 Å². The van der Waals surface area contributed by atoms with E-state index < -0.39 is 0 Å². The molecule has 4 heterocycles. The van der Waals surface area contributed by atoms with Crippen molar-refractivity contribution in [1.82, 2.24) is 9.97 Å². The zero-order valence-corrected chi connectivity index (χ0v) is 30.4. The van der Waals surface area contributed by atoms with E-state index in [0.717, 1.165) is 57.3 Å². The van der Waals surface area contributed by atoms with E-state index in [0.29, 0.717) is 0 Å². The maximum Gasteiger partial charge on any atom is 2.00 e. The third-order valence-electron chi connectivity index (χ3n) is 7.76. The molecule has 45 heavy (non-hydrogen) atoms. The summed E-state index contributed by atoms with van der Waals surface area (Å²) >= 11 is 3.72. The first kappa shape index (κ1) is 31.8. The molecule has 7 aromatic rings. The van der Waals surface area contributed by atoms with Crippen molar-refractivity contribution in [3.8, 4) is 33.6 Å². The van der Waals surface area contributed by atoms with E-state index in [9.17, 15) is 0 Å². The van der Waals surface area contributed by atoms with E-state index >= 15 is 0 Å². The van der Waals surface area contributed by atoms with Gasteiger partial charge in [0.15, 0.2) is 0 Å². The Morgan fingerprint density at radius 3 is 1.69 bits per heavy atom. The molecule has 0 saturated carbocycles. The first-order valence-corrected chi connectivity index (χ1v) is 16.9. The van der Waals surface area contributed by atoms with Gasteiger partial charge in [0, 0.05) is 42.9 Å². The number of nitrogens with zero attached hydrogens (tertiary/aromatic N) is 2. The molecular weight excluding hydrogens is 768 g/mol. The summed E-state index contributed by atoms with van der Waals surface area (Å²) in [6, 6.07) is 33.7. The van der Waals surface area contributed by atoms with Gasteiger partial charge in [-0.25, -0.2) is 0 Å². The third-order valence-corrected chi connectivity index (χ3v) is 10.1. The van der Waals surface area contributed by atoms with Crippen LogP contribution in [0.1, 0.15) is 51.3 Å². The summed E-state index contributed by atoms with van der Waals surface area (Å²) in [4.78, 5) is 12.5. The Hall–Kier alpha value is -3.17. The molecule has 7 rings (SSSR count). The van der Waals surface area contributed by atoms with Crippen LogP contribution in [0.5, 0.6) is 0 Å². The summed E-state index contributed by atoms with van der Waals surface area (Å²) in [5.74, 6) is 0. The molecule has 0 radical (unpaired) electrons. The van der Waals surface area contributed by atoms with Gasteiger partial charge in [0.05, 0.1) is 0 Å². The minimum absolute atomic E-state index is 0. The number of rotatable bonds is 5. The topological polar surface area (TPSA) is 25.8 Å². The Morgan fingerprint density at radius 1 is 0.578 bits per heavy atom. The van der Waals surface area contributed by atoms with Crippen molar-refractivity contribution < 1.29 is 21.1 Å². The molecule has 2 nitrogen and oxygen atoms in total. The standard InChI is InChI=1S/C40H36N2S2.Pt/c1-39(2,3)23-31-20-29-15-17-41-35(37(29)43-31)27-11-7-10-26(19-27)33-12-8-9-25-13-14-28(22-34(25)33)36-38-30(16-18-42-36)21-32(44-38)24-40(4,5)6;/h7-18,20-21H,23-24H2,1-6H3;/q-2;+2. The summed E-state index contributed by atoms with van der Waals surface area (Å²) < 4.78 is 2.46. The normalized spacial score (nSPS) is 12.2. The van der Waals surface area contributed by atoms with Gasteiger partial charge < -0.3 is 0 Å². The second-order valence-corrected chi connectivity index (χ2v) is 16.4. The van der Waals surface area contributed by atoms with Crippen LogP contribution in [0.3, 0.4) is 0 Å². The second-order valence-electron chi connectivity index (χ2n) is 14.2. The Kier molecular flexibility index (Phi) is 8.63. The molecule has 0 saturated heterocycles. The van der Waals surface area contributed by atoms with Crippen LogP contribution >= 0.6 is 22.7 Å². The summed E-state index contributed by atoms with van der Waals surface area (Å²) in [6.45, 7) is 13.8. The predicted octanol–water partition coefficient (Wildman–Crippen LogP) is 11.8. The molecule has 0 unspecified atom stereocenters. The SMILES string of the molecule is CC(C)(C)Cc1cc2ccnc(-c3[c-]c(-c4cccc5ccc(-c6nccc7cc(CC(C)(C)C)sc67)[c-]c45)ccc3)c2s1.[Pt+2]. The number of benzene rings is 3. The minimum Gasteiger partial charge on any atom is -0.294 e. The van der Waals surface area contributed by atoms with Crippen molar-refractivity contribution in [2.24, 2.45) is 10.8 Å². The molecule has 0 aliphatic rings. The largest absolute Gasteiger partial charge is 2.00 e. The average Bonchev–Trinajstić information content (AvgIpc) is 3.57. The van der Waals surface area contributed by atoms with Gasteiger partial charge in [-0.05, 0) is 58.7 Å². The van der Waals surface area contributed by atoms with E-state index in [1.54, 1.807) is 0 Å². The van der Waals surface area contributed by atoms with Crippen molar-refractivity contribution in [3.05, 3.63) is 107 Å². The number of aromatic nitrogens is 2. The molecular formula is C40H36N2PtS2. The first-order chi connectivity index (χ1) is 21.0. The Labute approximate surface area is 288 Å². The van der Waals surface area contributed by atoms with Crippen molar-refractivity contribution in [2.75, 3.05) is 0 Å². The van der Waals surface area contributed by atoms with Crippen LogP contribution in [0, 0.1) is 23.0 Å². The molecule has 5 heteroatoms. The number of hydrogen-bond acceptors (Lipinski definition) is 4. The molecule has 0 aliphatic heterocycles. The van der Waals surface area contributed by atoms with Gasteiger partial charge in [-0.3, -0.25) is 9.97 Å². The molecule has 0 aliphatic carbocycles. The third kappa shape index (κ3) is 6.70. The first-order valence-electron chi connectivity index (χ1n) is 15.2. The fraction of sp³-hybridized carbons (Fsp3) is 0.250. The average molecular weight is 804 g/mol. The van der Waals surface area contributed by atoms with Crippen LogP contribution in [0.25, 0.3) is 64.6 Å². The van der Waals surface area contributed by atoms with Gasteiger partial charge in [-0.2, -0.15) is 0 Å². The molecule has 228 valence electrons. The molecule has 0 spiro atoms. The van der Waals surface area contributed by atoms with Crippen molar-refractivity contribution in [1.29, 1.82) is 0 Å². The Bertz CT molecular complexity index is 2160. The summed E-state index contributed by atoms with van der Waals surface area (Å²) in [6.07, 6.45) is 5.96. The van der Waals surface area contributed by atoms with Crippen LogP contribution in [0.4, 0.5) is 0 Å². The smallest absolute Gasteiger partial charge is 0.294 e. The zero-order valence-electron chi connectivity index (χ0n) is 26.5. The van der Waals surface area contributed by atoms with Crippen molar-refractivity contribution in [2.45, 2.75) is 54.4 Å². The minimum atomic E-state index is 0. The second kappa shape index (κ2) is 12.2. The van der Waals surface area contributed by atoms with Crippen LogP contribution in [0.2, 0.25) is 0 Å². The van der Waals surface area contributed by atoms with Gasteiger partial charge in [-0.1, -0.05) is 81.8 Å². The summed E-state index contributed by atoms with van der Waals surface area (Å²) in [5, 5.41) is 4.74. The number of thiophene rings is 2. The van der Waals surface area contributed by atoms with Crippen molar-refractivity contribution >= 4 is 53.6 Å². The molecule has 4 aromatic heterocycles. The Morgan fingerprint density at radius 2 is 1.11 bits per heavy atom. The van der Waals surface area contributed by atoms with Gasteiger partial charge in [0.25, 0.3) is 0 Å². The van der Waals surface area contributed by atoms with E-state index in [1.165, 1.54) is 29.9 Å². The molecule has 0 fully saturated rings. The quantitative estimate of drug-likeness (QED) is 0.162. The zero-order chi connectivity index (χ0) is 30.6. The van der Waals surface area contributed by atoms with E-state index in [2.05, 4.69) is 126 Å². The molecule has 3 aromatic carbocycles. The molecule has 0 amide bonds. The van der Waals surface area contributed by atoms with Crippen LogP contribution in [-0.4, -0.2) is 9.97 Å². The monoisotopic (exact) mass is 803 g/mol. The number of hydrogen-bond donors (Lipinski definition) is 0. The van der Waals surface area contributed by atoms with Crippen LogP contribution in [0.15, 0.2) is 85.2 Å². The van der Waals surface area contributed by atoms with E-state index in [1.807, 2.05) is 35.1 Å². The predicted molar refractivity (Wildman–Crippen MR) is 191 cm³/mol. The van der Waals surface area contributed by atoms with Crippen LogP contribution in [-0.2, 0) is 33.9 Å². The van der Waals surface area contributed by atoms with E-state index in [4.69, 9.17) is 9.97 Å². The van der Waals surface area contributed by atoms with Gasteiger partial charge in [0.1, 0.15) is 0 Å². The number of pyridine rings is 2. The van der Waals surface area contributed by atoms with E-state index in [-0.39, 0.29) is 31.9 Å². The summed E-state index contributed by atoms with van der Waals surface area (Å²) in [5.41, 5.74) is 6.67. The summed E-state index contributed by atoms with van der Waals surface area (Å²) in [7, 11) is 0. The van der Waals surface area contributed by atoms with Gasteiger partial charge in [0.2, 0.25) is 0 Å². The maximum atomic E-state index is 4.87. The van der Waals surface area contributed by atoms with Crippen LogP contribution < -0.4 is 0 Å². The fourth-order valence-electron chi connectivity index (χ4n) is 5.96. The van der Waals surface area contributed by atoms with Crippen molar-refractivity contribution in [3.63, 3.8) is 0 Å². The maximum absolute atomic E-state index is 4.87. The molecule has 0 bridgehead atoms. The Balaban J connectivity index is 0.00000357. The number of fused-ring (bicyclic) bond motifs is 3. The van der Waals surface area contributed by atoms with Gasteiger partial charge >= 0.3 is 21.1 Å². The molecule has 0 N–H and O–H groups in total. The molecule has 0 atom stereocenters. The fourth-order valence-corrected chi connectivity index (χ4v) is 8.88.